The number of hydrogen-bond acceptors (Lipinski definition) is 4. The first-order valence-electron chi connectivity index (χ1n) is 3.26. The molecule has 0 saturated heterocycles. The zero-order chi connectivity index (χ0) is 8.55. The second kappa shape index (κ2) is 2.95. The van der Waals surface area contributed by atoms with Crippen molar-refractivity contribution >= 4 is 27.3 Å². The minimum absolute atomic E-state index is 0.716. The molecule has 2 aromatic rings. The number of H-pyrrole nitrogens is 1. The number of aromatic nitrogens is 4. The topological polar surface area (TPSA) is 54.5 Å². The van der Waals surface area contributed by atoms with Crippen LogP contribution >= 0.6 is 27.3 Å². The Kier molecular flexibility index (Phi) is 1.93. The van der Waals surface area contributed by atoms with Gasteiger partial charge in [0, 0.05) is 4.88 Å². The van der Waals surface area contributed by atoms with Gasteiger partial charge in [-0.15, -0.1) is 11.3 Å². The second-order valence-corrected chi connectivity index (χ2v) is 4.15. The van der Waals surface area contributed by atoms with Crippen LogP contribution < -0.4 is 0 Å². The minimum atomic E-state index is 0.716. The highest BCUT2D eigenvalue weighted by Crippen LogP contribution is 2.27. The lowest BCUT2D eigenvalue weighted by Gasteiger charge is -1.82. The summed E-state index contributed by atoms with van der Waals surface area (Å²) in [7, 11) is 0. The maximum atomic E-state index is 4.25. The normalized spacial score (nSPS) is 10.5. The van der Waals surface area contributed by atoms with Gasteiger partial charge in [-0.1, -0.05) is 0 Å². The van der Waals surface area contributed by atoms with Crippen LogP contribution in [0.3, 0.4) is 0 Å². The summed E-state index contributed by atoms with van der Waals surface area (Å²) < 4.78 is 0.874. The van der Waals surface area contributed by atoms with Gasteiger partial charge in [-0.3, -0.25) is 5.10 Å². The molecule has 0 aliphatic carbocycles. The molecule has 6 heteroatoms. The molecule has 12 heavy (non-hydrogen) atoms. The Morgan fingerprint density at radius 1 is 1.58 bits per heavy atom. The Labute approximate surface area is 81.2 Å². The lowest BCUT2D eigenvalue weighted by molar-refractivity contribution is 1.09. The summed E-state index contributed by atoms with van der Waals surface area (Å²) in [6, 6.07) is 0. The first-order chi connectivity index (χ1) is 5.77. The standard InChI is InChI=1S/C6H5BrN4S/c1-3-4(7)10-6(12-3)5-8-2-9-11-5/h2H,1H3,(H,8,9,11). The second-order valence-electron chi connectivity index (χ2n) is 2.20. The fourth-order valence-electron chi connectivity index (χ4n) is 0.788. The van der Waals surface area contributed by atoms with Gasteiger partial charge in [-0.25, -0.2) is 9.97 Å². The number of nitrogens with zero attached hydrogens (tertiary/aromatic N) is 3. The van der Waals surface area contributed by atoms with Crippen molar-refractivity contribution in [2.45, 2.75) is 6.92 Å². The number of rotatable bonds is 1. The van der Waals surface area contributed by atoms with Crippen molar-refractivity contribution in [2.24, 2.45) is 0 Å². The zero-order valence-electron chi connectivity index (χ0n) is 6.21. The lowest BCUT2D eigenvalue weighted by atomic mass is 10.6. The summed E-state index contributed by atoms with van der Waals surface area (Å²) in [5.41, 5.74) is 0. The Bertz CT molecular complexity index is 361. The first kappa shape index (κ1) is 7.88. The number of aryl methyl sites for hydroxylation is 1. The van der Waals surface area contributed by atoms with E-state index in [4.69, 9.17) is 0 Å². The molecule has 0 aliphatic rings. The van der Waals surface area contributed by atoms with Crippen LogP contribution in [-0.2, 0) is 0 Å². The quantitative estimate of drug-likeness (QED) is 0.835. The monoisotopic (exact) mass is 244 g/mol. The fraction of sp³-hybridized carbons (Fsp3) is 0.167. The molecule has 62 valence electrons. The van der Waals surface area contributed by atoms with Crippen molar-refractivity contribution in [3.63, 3.8) is 0 Å². The van der Waals surface area contributed by atoms with Crippen LogP contribution in [0, 0.1) is 6.92 Å². The molecule has 0 radical (unpaired) electrons. The molecule has 2 rings (SSSR count). The summed E-state index contributed by atoms with van der Waals surface area (Å²) in [6.45, 7) is 2.00. The summed E-state index contributed by atoms with van der Waals surface area (Å²) in [6.07, 6.45) is 1.47. The summed E-state index contributed by atoms with van der Waals surface area (Å²) >= 11 is 4.92. The molecule has 0 unspecified atom stereocenters. The van der Waals surface area contributed by atoms with E-state index in [9.17, 15) is 0 Å². The van der Waals surface area contributed by atoms with Crippen LogP contribution in [0.4, 0.5) is 0 Å². The number of hydrogen-bond donors (Lipinski definition) is 1. The van der Waals surface area contributed by atoms with Gasteiger partial charge in [0.25, 0.3) is 0 Å². The lowest BCUT2D eigenvalue weighted by Crippen LogP contribution is -1.77. The SMILES string of the molecule is Cc1sc(-c2ncn[nH]2)nc1Br. The number of aromatic amines is 1. The van der Waals surface area contributed by atoms with Crippen molar-refractivity contribution in [2.75, 3.05) is 0 Å². The smallest absolute Gasteiger partial charge is 0.184 e. The molecule has 0 saturated carbocycles. The minimum Gasteiger partial charge on any atom is -0.257 e. The molecule has 0 spiro atoms. The van der Waals surface area contributed by atoms with Crippen LogP contribution in [0.25, 0.3) is 10.8 Å². The highest BCUT2D eigenvalue weighted by atomic mass is 79.9. The van der Waals surface area contributed by atoms with Crippen molar-refractivity contribution in [1.82, 2.24) is 20.2 Å². The average Bonchev–Trinajstić information content (AvgIpc) is 2.61. The maximum absolute atomic E-state index is 4.25. The number of thiazole rings is 1. The van der Waals surface area contributed by atoms with Gasteiger partial charge in [-0.05, 0) is 22.9 Å². The Morgan fingerprint density at radius 2 is 2.42 bits per heavy atom. The summed E-state index contributed by atoms with van der Waals surface area (Å²) in [5, 5.41) is 7.37. The highest BCUT2D eigenvalue weighted by Gasteiger charge is 2.08. The predicted molar refractivity (Wildman–Crippen MR) is 49.9 cm³/mol. The summed E-state index contributed by atoms with van der Waals surface area (Å²) in [4.78, 5) is 9.40. The molecule has 2 heterocycles. The van der Waals surface area contributed by atoms with Crippen molar-refractivity contribution in [1.29, 1.82) is 0 Å². The number of halogens is 1. The van der Waals surface area contributed by atoms with Crippen molar-refractivity contribution in [3.05, 3.63) is 15.8 Å². The molecule has 0 atom stereocenters. The maximum Gasteiger partial charge on any atom is 0.184 e. The van der Waals surface area contributed by atoms with Gasteiger partial charge in [0.15, 0.2) is 10.8 Å². The van der Waals surface area contributed by atoms with Gasteiger partial charge < -0.3 is 0 Å². The van der Waals surface area contributed by atoms with Crippen LogP contribution in [-0.4, -0.2) is 20.2 Å². The molecule has 1 N–H and O–H groups in total. The van der Waals surface area contributed by atoms with Gasteiger partial charge in [0.2, 0.25) is 0 Å². The van der Waals surface area contributed by atoms with E-state index in [1.807, 2.05) is 6.92 Å². The van der Waals surface area contributed by atoms with E-state index >= 15 is 0 Å². The van der Waals surface area contributed by atoms with E-state index in [2.05, 4.69) is 36.1 Å². The molecule has 0 aliphatic heterocycles. The van der Waals surface area contributed by atoms with E-state index in [1.54, 1.807) is 11.3 Å². The third-order valence-electron chi connectivity index (χ3n) is 1.36. The molecule has 0 bridgehead atoms. The van der Waals surface area contributed by atoms with Crippen LogP contribution in [0.5, 0.6) is 0 Å². The van der Waals surface area contributed by atoms with Crippen molar-refractivity contribution in [3.8, 4) is 10.8 Å². The number of nitrogens with one attached hydrogen (secondary N) is 1. The molecule has 2 aromatic heterocycles. The van der Waals surface area contributed by atoms with Crippen LogP contribution in [0.2, 0.25) is 0 Å². The van der Waals surface area contributed by atoms with Gasteiger partial charge in [0.1, 0.15) is 10.9 Å². The van der Waals surface area contributed by atoms with E-state index in [-0.39, 0.29) is 0 Å². The summed E-state index contributed by atoms with van der Waals surface area (Å²) in [5.74, 6) is 0.716. The largest absolute Gasteiger partial charge is 0.257 e. The molecule has 0 amide bonds. The zero-order valence-corrected chi connectivity index (χ0v) is 8.61. The van der Waals surface area contributed by atoms with Gasteiger partial charge in [0.05, 0.1) is 0 Å². The van der Waals surface area contributed by atoms with E-state index in [0.29, 0.717) is 5.82 Å². The van der Waals surface area contributed by atoms with Crippen LogP contribution in [0.1, 0.15) is 4.88 Å². The van der Waals surface area contributed by atoms with Crippen LogP contribution in [0.15, 0.2) is 10.9 Å². The molecule has 0 fully saturated rings. The Balaban J connectivity index is 2.48. The fourth-order valence-corrected chi connectivity index (χ4v) is 2.08. The van der Waals surface area contributed by atoms with Gasteiger partial charge in [-0.2, -0.15) is 5.10 Å². The Morgan fingerprint density at radius 3 is 2.92 bits per heavy atom. The first-order valence-corrected chi connectivity index (χ1v) is 4.87. The average molecular weight is 245 g/mol. The third-order valence-corrected chi connectivity index (χ3v) is 3.37. The van der Waals surface area contributed by atoms with Crippen molar-refractivity contribution < 1.29 is 0 Å². The molecule has 0 aromatic carbocycles. The third kappa shape index (κ3) is 1.27. The predicted octanol–water partition coefficient (Wildman–Crippen LogP) is 2.00. The molecular formula is C6H5BrN4S. The molecule has 4 nitrogen and oxygen atoms in total. The van der Waals surface area contributed by atoms with E-state index < -0.39 is 0 Å². The van der Waals surface area contributed by atoms with E-state index in [1.165, 1.54) is 6.33 Å². The van der Waals surface area contributed by atoms with Gasteiger partial charge >= 0.3 is 0 Å². The molecular weight excluding hydrogens is 240 g/mol. The van der Waals surface area contributed by atoms with E-state index in [0.717, 1.165) is 14.5 Å². The Hall–Kier alpha value is -0.750. The highest BCUT2D eigenvalue weighted by molar-refractivity contribution is 9.10.